The Morgan fingerprint density at radius 3 is 2.35 bits per heavy atom. The van der Waals surface area contributed by atoms with E-state index in [-0.39, 0.29) is 28.1 Å². The Morgan fingerprint density at radius 2 is 1.77 bits per heavy atom. The molecule has 134 valence electrons. The van der Waals surface area contributed by atoms with Crippen LogP contribution >= 0.6 is 0 Å². The molecule has 7 heteroatoms. The smallest absolute Gasteiger partial charge is 0.341 e. The number of carboxylic acid groups (broad SMARTS) is 1. The lowest BCUT2D eigenvalue weighted by Gasteiger charge is -2.16. The van der Waals surface area contributed by atoms with Crippen molar-refractivity contribution in [2.75, 3.05) is 0 Å². The van der Waals surface area contributed by atoms with Crippen LogP contribution in [0, 0.1) is 17.5 Å². The summed E-state index contributed by atoms with van der Waals surface area (Å²) in [6, 6.07) is 5.11. The standard InChI is InChI=1S/C19H14F3NO3/c1-9(2)11-7-17-12(6-14(11)21)18(24)13(19(25)26)8-23(17)16-4-3-10(20)5-15(16)22/h3-9H,1-2H3,(H,25,26). The average molecular weight is 361 g/mol. The highest BCUT2D eigenvalue weighted by molar-refractivity contribution is 5.93. The van der Waals surface area contributed by atoms with E-state index in [1.54, 1.807) is 13.8 Å². The molecule has 0 saturated heterocycles. The van der Waals surface area contributed by atoms with E-state index in [4.69, 9.17) is 0 Å². The van der Waals surface area contributed by atoms with Gasteiger partial charge in [0.1, 0.15) is 23.0 Å². The van der Waals surface area contributed by atoms with Crippen molar-refractivity contribution in [3.8, 4) is 5.69 Å². The van der Waals surface area contributed by atoms with Gasteiger partial charge in [-0.25, -0.2) is 18.0 Å². The fourth-order valence-corrected chi connectivity index (χ4v) is 2.83. The van der Waals surface area contributed by atoms with E-state index < -0.39 is 34.4 Å². The van der Waals surface area contributed by atoms with Crippen molar-refractivity contribution in [1.29, 1.82) is 0 Å². The lowest BCUT2D eigenvalue weighted by molar-refractivity contribution is 0.0695. The van der Waals surface area contributed by atoms with Gasteiger partial charge in [-0.05, 0) is 35.7 Å². The Labute approximate surface area is 146 Å². The fourth-order valence-electron chi connectivity index (χ4n) is 2.83. The molecule has 4 nitrogen and oxygen atoms in total. The van der Waals surface area contributed by atoms with Gasteiger partial charge < -0.3 is 9.67 Å². The molecule has 0 radical (unpaired) electrons. The van der Waals surface area contributed by atoms with E-state index in [0.29, 0.717) is 6.07 Å². The molecule has 1 heterocycles. The van der Waals surface area contributed by atoms with Gasteiger partial charge in [0.05, 0.1) is 11.2 Å². The quantitative estimate of drug-likeness (QED) is 0.759. The number of aromatic carboxylic acids is 1. The van der Waals surface area contributed by atoms with Gasteiger partial charge in [-0.2, -0.15) is 0 Å². The first kappa shape index (κ1) is 17.7. The third kappa shape index (κ3) is 2.85. The van der Waals surface area contributed by atoms with Crippen LogP contribution in [0.2, 0.25) is 0 Å². The number of halogens is 3. The molecule has 0 aliphatic carbocycles. The summed E-state index contributed by atoms with van der Waals surface area (Å²) >= 11 is 0. The van der Waals surface area contributed by atoms with Crippen molar-refractivity contribution < 1.29 is 23.1 Å². The zero-order valence-corrected chi connectivity index (χ0v) is 13.9. The van der Waals surface area contributed by atoms with E-state index in [9.17, 15) is 27.9 Å². The molecule has 0 aliphatic rings. The van der Waals surface area contributed by atoms with Crippen LogP contribution in [0.15, 0.2) is 41.3 Å². The molecule has 0 atom stereocenters. The largest absolute Gasteiger partial charge is 0.477 e. The number of hydrogen-bond acceptors (Lipinski definition) is 2. The predicted octanol–water partition coefficient (Wildman–Crippen LogP) is 4.23. The molecule has 26 heavy (non-hydrogen) atoms. The highest BCUT2D eigenvalue weighted by atomic mass is 19.1. The highest BCUT2D eigenvalue weighted by Gasteiger charge is 2.20. The molecule has 0 amide bonds. The number of pyridine rings is 1. The summed E-state index contributed by atoms with van der Waals surface area (Å²) < 4.78 is 43.0. The molecule has 0 saturated carbocycles. The molecule has 0 aliphatic heterocycles. The van der Waals surface area contributed by atoms with Crippen molar-refractivity contribution in [3.05, 3.63) is 75.3 Å². The second kappa shape index (κ2) is 6.33. The molecule has 1 N–H and O–H groups in total. The summed E-state index contributed by atoms with van der Waals surface area (Å²) in [5, 5.41) is 9.06. The molecule has 1 aromatic heterocycles. The molecular formula is C19H14F3NO3. The van der Waals surface area contributed by atoms with Crippen LogP contribution in [0.25, 0.3) is 16.6 Å². The number of hydrogen-bond donors (Lipinski definition) is 1. The third-order valence-corrected chi connectivity index (χ3v) is 4.14. The van der Waals surface area contributed by atoms with E-state index in [1.807, 2.05) is 0 Å². The summed E-state index contributed by atoms with van der Waals surface area (Å²) in [5.41, 5.74) is -1.24. The molecule has 0 spiro atoms. The monoisotopic (exact) mass is 361 g/mol. The average Bonchev–Trinajstić information content (AvgIpc) is 2.55. The number of benzene rings is 2. The Morgan fingerprint density at radius 1 is 1.08 bits per heavy atom. The van der Waals surface area contributed by atoms with Gasteiger partial charge in [-0.1, -0.05) is 13.8 Å². The third-order valence-electron chi connectivity index (χ3n) is 4.14. The SMILES string of the molecule is CC(C)c1cc2c(cc1F)c(=O)c(C(=O)O)cn2-c1ccc(F)cc1F. The first-order valence-corrected chi connectivity index (χ1v) is 7.78. The van der Waals surface area contributed by atoms with Gasteiger partial charge in [0, 0.05) is 17.6 Å². The van der Waals surface area contributed by atoms with Gasteiger partial charge in [-0.15, -0.1) is 0 Å². The van der Waals surface area contributed by atoms with Crippen LogP contribution in [0.3, 0.4) is 0 Å². The normalized spacial score (nSPS) is 11.3. The lowest BCUT2D eigenvalue weighted by Crippen LogP contribution is -2.19. The number of carbonyl (C=O) groups is 1. The van der Waals surface area contributed by atoms with Crippen LogP contribution in [0.5, 0.6) is 0 Å². The lowest BCUT2D eigenvalue weighted by atomic mass is 9.99. The molecular weight excluding hydrogens is 347 g/mol. The Balaban J connectivity index is 2.50. The van der Waals surface area contributed by atoms with Crippen molar-refractivity contribution in [2.45, 2.75) is 19.8 Å². The number of fused-ring (bicyclic) bond motifs is 1. The van der Waals surface area contributed by atoms with Crippen molar-refractivity contribution in [2.24, 2.45) is 0 Å². The van der Waals surface area contributed by atoms with E-state index in [2.05, 4.69) is 0 Å². The van der Waals surface area contributed by atoms with Crippen LogP contribution in [0.4, 0.5) is 13.2 Å². The van der Waals surface area contributed by atoms with E-state index in [1.165, 1.54) is 6.07 Å². The Hall–Kier alpha value is -3.09. The summed E-state index contributed by atoms with van der Waals surface area (Å²) in [5.74, 6) is -4.15. The summed E-state index contributed by atoms with van der Waals surface area (Å²) in [4.78, 5) is 23.8. The van der Waals surface area contributed by atoms with Crippen molar-refractivity contribution >= 4 is 16.9 Å². The number of nitrogens with zero attached hydrogens (tertiary/aromatic N) is 1. The minimum Gasteiger partial charge on any atom is -0.477 e. The maximum Gasteiger partial charge on any atom is 0.341 e. The highest BCUT2D eigenvalue weighted by Crippen LogP contribution is 2.26. The zero-order valence-electron chi connectivity index (χ0n) is 13.9. The second-order valence-electron chi connectivity index (χ2n) is 6.19. The molecule has 3 aromatic rings. The van der Waals surface area contributed by atoms with Gasteiger partial charge in [-0.3, -0.25) is 4.79 Å². The number of carboxylic acids is 1. The molecule has 3 rings (SSSR count). The van der Waals surface area contributed by atoms with Crippen molar-refractivity contribution in [3.63, 3.8) is 0 Å². The minimum absolute atomic E-state index is 0.135. The number of rotatable bonds is 3. The second-order valence-corrected chi connectivity index (χ2v) is 6.19. The fraction of sp³-hybridized carbons (Fsp3) is 0.158. The topological polar surface area (TPSA) is 59.3 Å². The predicted molar refractivity (Wildman–Crippen MR) is 90.5 cm³/mol. The molecule has 2 aromatic carbocycles. The summed E-state index contributed by atoms with van der Waals surface area (Å²) in [6.07, 6.45) is 0.964. The summed E-state index contributed by atoms with van der Waals surface area (Å²) in [7, 11) is 0. The van der Waals surface area contributed by atoms with Crippen LogP contribution in [0.1, 0.15) is 35.7 Å². The van der Waals surface area contributed by atoms with Gasteiger partial charge in [0.2, 0.25) is 5.43 Å². The van der Waals surface area contributed by atoms with E-state index in [0.717, 1.165) is 29.0 Å². The molecule has 0 fully saturated rings. The van der Waals surface area contributed by atoms with Crippen molar-refractivity contribution in [1.82, 2.24) is 4.57 Å². The van der Waals surface area contributed by atoms with Gasteiger partial charge in [0.25, 0.3) is 0 Å². The van der Waals surface area contributed by atoms with Crippen LogP contribution in [-0.2, 0) is 0 Å². The number of aromatic nitrogens is 1. The Kier molecular flexibility index (Phi) is 4.31. The zero-order chi connectivity index (χ0) is 19.2. The van der Waals surface area contributed by atoms with Crippen LogP contribution in [-0.4, -0.2) is 15.6 Å². The van der Waals surface area contributed by atoms with E-state index >= 15 is 0 Å². The minimum atomic E-state index is -1.53. The summed E-state index contributed by atoms with van der Waals surface area (Å²) in [6.45, 7) is 3.49. The molecule has 0 unspecified atom stereocenters. The Bertz CT molecular complexity index is 1100. The maximum atomic E-state index is 14.3. The first-order valence-electron chi connectivity index (χ1n) is 7.78. The molecule has 0 bridgehead atoms. The van der Waals surface area contributed by atoms with Crippen LogP contribution < -0.4 is 5.43 Å². The first-order chi connectivity index (χ1) is 12.2. The van der Waals surface area contributed by atoms with Gasteiger partial charge in [0.15, 0.2) is 0 Å². The van der Waals surface area contributed by atoms with Gasteiger partial charge >= 0.3 is 5.97 Å². The maximum absolute atomic E-state index is 14.3.